The van der Waals surface area contributed by atoms with Crippen molar-refractivity contribution < 1.29 is 9.21 Å². The van der Waals surface area contributed by atoms with Gasteiger partial charge in [0.1, 0.15) is 0 Å². The Hall–Kier alpha value is -1.56. The molecule has 1 aromatic heterocycles. The van der Waals surface area contributed by atoms with E-state index < -0.39 is 0 Å². The Kier molecular flexibility index (Phi) is 6.84. The summed E-state index contributed by atoms with van der Waals surface area (Å²) >= 11 is 0. The van der Waals surface area contributed by atoms with Gasteiger partial charge in [-0.1, -0.05) is 36.8 Å². The third kappa shape index (κ3) is 3.91. The highest BCUT2D eigenvalue weighted by Crippen LogP contribution is 2.31. The highest BCUT2D eigenvalue weighted by molar-refractivity contribution is 5.97. The van der Waals surface area contributed by atoms with Gasteiger partial charge in [-0.3, -0.25) is 4.79 Å². The fraction of sp³-hybridized carbons (Fsp3) is 0.412. The molecule has 1 atom stereocenters. The minimum atomic E-state index is -0.0819. The van der Waals surface area contributed by atoms with E-state index in [1.54, 1.807) is 0 Å². The number of benzene rings is 1. The Balaban J connectivity index is 0.00000144. The zero-order valence-electron chi connectivity index (χ0n) is 13.8. The Labute approximate surface area is 154 Å². The summed E-state index contributed by atoms with van der Waals surface area (Å²) in [6.45, 7) is 6.10. The van der Waals surface area contributed by atoms with E-state index in [-0.39, 0.29) is 36.1 Å². The van der Waals surface area contributed by atoms with Gasteiger partial charge < -0.3 is 15.1 Å². The lowest BCUT2D eigenvalue weighted by Gasteiger charge is -2.22. The van der Waals surface area contributed by atoms with Gasteiger partial charge in [0.05, 0.1) is 0 Å². The van der Waals surface area contributed by atoms with Crippen LogP contribution in [0.15, 0.2) is 35.1 Å². The number of hydrogen-bond acceptors (Lipinski definition) is 4. The van der Waals surface area contributed by atoms with E-state index in [0.29, 0.717) is 31.1 Å². The molecule has 0 bridgehead atoms. The molecule has 0 spiro atoms. The average Bonchev–Trinajstić information content (AvgIpc) is 3.15. The van der Waals surface area contributed by atoms with E-state index >= 15 is 0 Å². The summed E-state index contributed by atoms with van der Waals surface area (Å²) < 4.78 is 5.47. The van der Waals surface area contributed by atoms with Crippen LogP contribution >= 0.6 is 24.8 Å². The number of nitrogens with two attached hydrogens (primary N) is 1. The highest BCUT2D eigenvalue weighted by Gasteiger charge is 2.36. The van der Waals surface area contributed by atoms with Crippen molar-refractivity contribution in [3.8, 4) is 11.3 Å². The maximum Gasteiger partial charge on any atom is 0.276 e. The molecule has 0 radical (unpaired) electrons. The molecule has 1 fully saturated rings. The molecule has 1 aliphatic heterocycles. The number of aryl methyl sites for hydroxylation is 1. The average molecular weight is 372 g/mol. The molecule has 0 aliphatic carbocycles. The summed E-state index contributed by atoms with van der Waals surface area (Å²) in [6, 6.07) is 7.88. The van der Waals surface area contributed by atoms with Crippen molar-refractivity contribution >= 4 is 30.7 Å². The van der Waals surface area contributed by atoms with Crippen LogP contribution in [-0.2, 0) is 0 Å². The van der Waals surface area contributed by atoms with Crippen molar-refractivity contribution in [2.24, 2.45) is 11.1 Å². The number of carbonyl (C=O) groups excluding carboxylic acids is 1. The monoisotopic (exact) mass is 371 g/mol. The normalized spacial score (nSPS) is 19.5. The quantitative estimate of drug-likeness (QED) is 0.897. The van der Waals surface area contributed by atoms with Gasteiger partial charge in [0.15, 0.2) is 17.8 Å². The molecule has 0 saturated carbocycles. The summed E-state index contributed by atoms with van der Waals surface area (Å²) in [5.41, 5.74) is 8.22. The summed E-state index contributed by atoms with van der Waals surface area (Å²) in [7, 11) is 0. The van der Waals surface area contributed by atoms with Gasteiger partial charge >= 0.3 is 0 Å². The number of carbonyl (C=O) groups is 1. The molecular formula is C17H23Cl2N3O2. The zero-order valence-corrected chi connectivity index (χ0v) is 15.5. The predicted octanol–water partition coefficient (Wildman–Crippen LogP) is 3.30. The molecule has 5 nitrogen and oxygen atoms in total. The number of likely N-dealkylation sites (tertiary alicyclic amines) is 1. The molecular weight excluding hydrogens is 349 g/mol. The van der Waals surface area contributed by atoms with Crippen molar-refractivity contribution in [1.82, 2.24) is 9.88 Å². The fourth-order valence-corrected chi connectivity index (χ4v) is 2.82. The first-order valence-electron chi connectivity index (χ1n) is 7.52. The van der Waals surface area contributed by atoms with E-state index in [1.807, 2.05) is 36.1 Å². The van der Waals surface area contributed by atoms with Crippen LogP contribution in [0.4, 0.5) is 0 Å². The highest BCUT2D eigenvalue weighted by atomic mass is 35.5. The number of rotatable bonds is 3. The Morgan fingerprint density at radius 3 is 2.58 bits per heavy atom. The summed E-state index contributed by atoms with van der Waals surface area (Å²) in [5.74, 6) is 0.452. The predicted molar refractivity (Wildman–Crippen MR) is 98.9 cm³/mol. The lowest BCUT2D eigenvalue weighted by atomic mass is 9.90. The number of aromatic nitrogens is 1. The number of nitrogens with zero attached hydrogens (tertiary/aromatic N) is 2. The second kappa shape index (κ2) is 8.01. The molecule has 1 aromatic carbocycles. The van der Waals surface area contributed by atoms with Crippen LogP contribution in [0.25, 0.3) is 11.3 Å². The maximum absolute atomic E-state index is 12.7. The number of amides is 1. The molecule has 1 amide bonds. The smallest absolute Gasteiger partial charge is 0.276 e. The minimum absolute atomic E-state index is 0. The third-order valence-electron chi connectivity index (χ3n) is 4.42. The summed E-state index contributed by atoms with van der Waals surface area (Å²) in [4.78, 5) is 18.7. The van der Waals surface area contributed by atoms with Crippen LogP contribution < -0.4 is 5.73 Å². The van der Waals surface area contributed by atoms with Gasteiger partial charge in [0.2, 0.25) is 0 Å². The van der Waals surface area contributed by atoms with E-state index in [1.165, 1.54) is 6.39 Å². The lowest BCUT2D eigenvalue weighted by molar-refractivity contribution is 0.0772. The van der Waals surface area contributed by atoms with Gasteiger partial charge in [0.25, 0.3) is 5.91 Å². The second-order valence-electron chi connectivity index (χ2n) is 6.39. The van der Waals surface area contributed by atoms with Crippen LogP contribution in [0.3, 0.4) is 0 Å². The van der Waals surface area contributed by atoms with Gasteiger partial charge in [-0.05, 0) is 25.3 Å². The Bertz CT molecular complexity index is 687. The van der Waals surface area contributed by atoms with Crippen LogP contribution in [0, 0.1) is 12.3 Å². The molecule has 1 saturated heterocycles. The number of hydrogen-bond donors (Lipinski definition) is 1. The first-order valence-corrected chi connectivity index (χ1v) is 7.52. The van der Waals surface area contributed by atoms with E-state index in [0.717, 1.165) is 17.5 Å². The van der Waals surface area contributed by atoms with Gasteiger partial charge in [0, 0.05) is 18.7 Å². The molecule has 3 rings (SSSR count). The maximum atomic E-state index is 12.7. The van der Waals surface area contributed by atoms with Crippen molar-refractivity contribution in [2.45, 2.75) is 20.3 Å². The Morgan fingerprint density at radius 1 is 1.33 bits per heavy atom. The van der Waals surface area contributed by atoms with E-state index in [9.17, 15) is 4.79 Å². The van der Waals surface area contributed by atoms with Crippen LogP contribution in [0.1, 0.15) is 29.4 Å². The van der Waals surface area contributed by atoms with Gasteiger partial charge in [-0.2, -0.15) is 0 Å². The van der Waals surface area contributed by atoms with Crippen molar-refractivity contribution in [2.75, 3.05) is 19.6 Å². The molecule has 2 aromatic rings. The van der Waals surface area contributed by atoms with Crippen LogP contribution in [0.5, 0.6) is 0 Å². The minimum Gasteiger partial charge on any atom is -0.443 e. The summed E-state index contributed by atoms with van der Waals surface area (Å²) in [5, 5.41) is 0. The van der Waals surface area contributed by atoms with Gasteiger partial charge in [-0.25, -0.2) is 4.98 Å². The topological polar surface area (TPSA) is 72.4 Å². The number of oxazole rings is 1. The molecule has 24 heavy (non-hydrogen) atoms. The van der Waals surface area contributed by atoms with Crippen molar-refractivity contribution in [1.29, 1.82) is 0 Å². The lowest BCUT2D eigenvalue weighted by Crippen LogP contribution is -2.34. The largest absolute Gasteiger partial charge is 0.443 e. The molecule has 1 unspecified atom stereocenters. The third-order valence-corrected chi connectivity index (χ3v) is 4.42. The fourth-order valence-electron chi connectivity index (χ4n) is 2.82. The second-order valence-corrected chi connectivity index (χ2v) is 6.39. The Morgan fingerprint density at radius 2 is 2.00 bits per heavy atom. The van der Waals surface area contributed by atoms with Crippen molar-refractivity contribution in [3.63, 3.8) is 0 Å². The molecule has 2 heterocycles. The molecule has 7 heteroatoms. The van der Waals surface area contributed by atoms with E-state index in [4.69, 9.17) is 10.2 Å². The summed E-state index contributed by atoms with van der Waals surface area (Å²) in [6.07, 6.45) is 2.26. The molecule has 132 valence electrons. The van der Waals surface area contributed by atoms with E-state index in [2.05, 4.69) is 11.9 Å². The number of halogens is 2. The van der Waals surface area contributed by atoms with Crippen LogP contribution in [-0.4, -0.2) is 35.4 Å². The van der Waals surface area contributed by atoms with Crippen LogP contribution in [0.2, 0.25) is 0 Å². The molecule has 1 aliphatic rings. The first-order chi connectivity index (χ1) is 10.5. The SMILES string of the molecule is Cc1ccc(-c2ocnc2C(=O)N2CCC(C)(CN)C2)cc1.Cl.Cl. The molecule has 2 N–H and O–H groups in total. The first kappa shape index (κ1) is 20.5. The van der Waals surface area contributed by atoms with Crippen molar-refractivity contribution in [3.05, 3.63) is 41.9 Å². The van der Waals surface area contributed by atoms with Gasteiger partial charge in [-0.15, -0.1) is 24.8 Å². The standard InChI is InChI=1S/C17H21N3O2.2ClH/c1-12-3-5-13(6-4-12)15-14(19-11-22-15)16(21)20-8-7-17(2,9-18)10-20;;/h3-6,11H,7-10,18H2,1-2H3;2*1H. The zero-order chi connectivity index (χ0) is 15.7.